The zero-order valence-corrected chi connectivity index (χ0v) is 13.8. The molecule has 21 heavy (non-hydrogen) atoms. The van der Waals surface area contributed by atoms with Crippen molar-refractivity contribution in [2.45, 2.75) is 19.9 Å². The number of carbonyl (C=O) groups is 1. The van der Waals surface area contributed by atoms with Crippen molar-refractivity contribution in [3.05, 3.63) is 56.5 Å². The first-order valence-corrected chi connectivity index (χ1v) is 7.81. The summed E-state index contributed by atoms with van der Waals surface area (Å²) in [5.41, 5.74) is 5.03. The summed E-state index contributed by atoms with van der Waals surface area (Å²) < 4.78 is 1.10. The van der Waals surface area contributed by atoms with E-state index < -0.39 is 0 Å². The van der Waals surface area contributed by atoms with E-state index in [4.69, 9.17) is 11.6 Å². The minimum Gasteiger partial charge on any atom is -0.380 e. The van der Waals surface area contributed by atoms with Crippen molar-refractivity contribution < 1.29 is 4.79 Å². The van der Waals surface area contributed by atoms with Crippen LogP contribution in [0.5, 0.6) is 0 Å². The van der Waals surface area contributed by atoms with Crippen LogP contribution >= 0.6 is 27.5 Å². The summed E-state index contributed by atoms with van der Waals surface area (Å²) in [6.45, 7) is 2.75. The fraction of sp³-hybridized carbons (Fsp3) is 0.188. The van der Waals surface area contributed by atoms with Crippen molar-refractivity contribution in [2.24, 2.45) is 0 Å². The Kier molecular flexibility index (Phi) is 3.91. The van der Waals surface area contributed by atoms with E-state index in [1.165, 1.54) is 11.1 Å². The summed E-state index contributed by atoms with van der Waals surface area (Å²) >= 11 is 9.75. The number of anilines is 2. The molecule has 0 spiro atoms. The van der Waals surface area contributed by atoms with Crippen molar-refractivity contribution in [1.29, 1.82) is 0 Å². The highest BCUT2D eigenvalue weighted by molar-refractivity contribution is 9.10. The molecule has 2 aromatic rings. The lowest BCUT2D eigenvalue weighted by atomic mass is 10.1. The largest absolute Gasteiger partial charge is 0.380 e. The summed E-state index contributed by atoms with van der Waals surface area (Å²) in [7, 11) is 0. The normalized spacial score (nSPS) is 13.0. The number of fused-ring (bicyclic) bond motifs is 1. The Morgan fingerprint density at radius 1 is 1.33 bits per heavy atom. The highest BCUT2D eigenvalue weighted by Gasteiger charge is 2.19. The number of benzene rings is 2. The van der Waals surface area contributed by atoms with Crippen molar-refractivity contribution in [2.75, 3.05) is 10.6 Å². The molecule has 0 aliphatic carbocycles. The zero-order chi connectivity index (χ0) is 15.0. The Morgan fingerprint density at radius 2 is 2.14 bits per heavy atom. The zero-order valence-electron chi connectivity index (χ0n) is 11.5. The molecule has 108 valence electrons. The maximum atomic E-state index is 11.4. The Balaban J connectivity index is 1.78. The van der Waals surface area contributed by atoms with Gasteiger partial charge in [-0.1, -0.05) is 39.7 Å². The molecule has 0 unspecified atom stereocenters. The predicted molar refractivity (Wildman–Crippen MR) is 90.0 cm³/mol. The van der Waals surface area contributed by atoms with Gasteiger partial charge in [0.25, 0.3) is 0 Å². The first-order valence-electron chi connectivity index (χ1n) is 6.64. The predicted octanol–water partition coefficient (Wildman–Crippen LogP) is 4.52. The fourth-order valence-corrected chi connectivity index (χ4v) is 2.87. The number of amides is 1. The van der Waals surface area contributed by atoms with Crippen molar-refractivity contribution in [3.63, 3.8) is 0 Å². The van der Waals surface area contributed by atoms with Gasteiger partial charge in [-0.25, -0.2) is 0 Å². The van der Waals surface area contributed by atoms with E-state index in [0.717, 1.165) is 21.4 Å². The number of hydrogen-bond acceptors (Lipinski definition) is 2. The maximum absolute atomic E-state index is 11.4. The van der Waals surface area contributed by atoms with E-state index in [9.17, 15) is 4.79 Å². The van der Waals surface area contributed by atoms with E-state index in [1.807, 2.05) is 12.1 Å². The molecule has 2 aromatic carbocycles. The molecule has 1 aliphatic rings. The van der Waals surface area contributed by atoms with Crippen LogP contribution in [0.1, 0.15) is 16.7 Å². The third-order valence-corrected chi connectivity index (χ3v) is 4.73. The van der Waals surface area contributed by atoms with E-state index in [2.05, 4.69) is 45.6 Å². The van der Waals surface area contributed by atoms with Gasteiger partial charge in [-0.05, 0) is 41.8 Å². The maximum Gasteiger partial charge on any atom is 0.228 e. The van der Waals surface area contributed by atoms with Crippen LogP contribution in [0.3, 0.4) is 0 Å². The third-order valence-electron chi connectivity index (χ3n) is 3.52. The van der Waals surface area contributed by atoms with Crippen LogP contribution in [-0.2, 0) is 17.8 Å². The number of nitrogens with one attached hydrogen (secondary N) is 2. The van der Waals surface area contributed by atoms with Crippen LogP contribution in [0.25, 0.3) is 0 Å². The minimum absolute atomic E-state index is 0.0155. The Bertz CT molecular complexity index is 730. The number of rotatable bonds is 3. The Labute approximate surface area is 136 Å². The van der Waals surface area contributed by atoms with E-state index in [0.29, 0.717) is 18.0 Å². The van der Waals surface area contributed by atoms with Gasteiger partial charge in [-0.3, -0.25) is 4.79 Å². The quantitative estimate of drug-likeness (QED) is 0.840. The molecule has 0 fully saturated rings. The first kappa shape index (κ1) is 14.4. The SMILES string of the molecule is Cc1cc(CNc2cc3c(cc2Cl)NC(=O)C3)ccc1Br. The standard InChI is InChI=1S/C16H14BrClN2O/c1-9-4-10(2-3-12(9)17)8-19-15-5-11-6-16(21)20-14(11)7-13(15)18/h2-5,7,19H,6,8H2,1H3,(H,20,21). The summed E-state index contributed by atoms with van der Waals surface area (Å²) in [5.74, 6) is 0.0155. The molecule has 0 saturated heterocycles. The lowest BCUT2D eigenvalue weighted by Gasteiger charge is -2.11. The summed E-state index contributed by atoms with van der Waals surface area (Å²) in [6.07, 6.45) is 0.415. The highest BCUT2D eigenvalue weighted by Crippen LogP contribution is 2.33. The fourth-order valence-electron chi connectivity index (χ4n) is 2.40. The van der Waals surface area contributed by atoms with Gasteiger partial charge in [0.2, 0.25) is 5.91 Å². The van der Waals surface area contributed by atoms with Gasteiger partial charge in [-0.15, -0.1) is 0 Å². The second kappa shape index (κ2) is 5.70. The smallest absolute Gasteiger partial charge is 0.228 e. The van der Waals surface area contributed by atoms with Gasteiger partial charge in [-0.2, -0.15) is 0 Å². The van der Waals surface area contributed by atoms with Gasteiger partial charge in [0.05, 0.1) is 17.1 Å². The number of aryl methyl sites for hydroxylation is 1. The van der Waals surface area contributed by atoms with Gasteiger partial charge < -0.3 is 10.6 Å². The van der Waals surface area contributed by atoms with Crippen LogP contribution in [0.4, 0.5) is 11.4 Å². The Hall–Kier alpha value is -1.52. The van der Waals surface area contributed by atoms with Crippen molar-refractivity contribution in [3.8, 4) is 0 Å². The van der Waals surface area contributed by atoms with Crippen LogP contribution in [0.15, 0.2) is 34.8 Å². The van der Waals surface area contributed by atoms with Crippen LogP contribution in [0, 0.1) is 6.92 Å². The van der Waals surface area contributed by atoms with Gasteiger partial charge in [0.15, 0.2) is 0 Å². The van der Waals surface area contributed by atoms with Crippen LogP contribution < -0.4 is 10.6 Å². The molecule has 0 radical (unpaired) electrons. The second-order valence-electron chi connectivity index (χ2n) is 5.15. The first-order chi connectivity index (χ1) is 10.0. The average Bonchev–Trinajstić information content (AvgIpc) is 2.79. The lowest BCUT2D eigenvalue weighted by Crippen LogP contribution is -2.03. The molecule has 3 nitrogen and oxygen atoms in total. The molecule has 2 N–H and O–H groups in total. The number of halogens is 2. The molecule has 0 bridgehead atoms. The second-order valence-corrected chi connectivity index (χ2v) is 6.41. The molecule has 5 heteroatoms. The van der Waals surface area contributed by atoms with Crippen LogP contribution in [0.2, 0.25) is 5.02 Å². The summed E-state index contributed by atoms with van der Waals surface area (Å²) in [5, 5.41) is 6.75. The third kappa shape index (κ3) is 3.06. The van der Waals surface area contributed by atoms with Gasteiger partial charge in [0, 0.05) is 16.7 Å². The molecule has 0 saturated carbocycles. The highest BCUT2D eigenvalue weighted by atomic mass is 79.9. The number of hydrogen-bond donors (Lipinski definition) is 2. The summed E-state index contributed by atoms with van der Waals surface area (Å²) in [4.78, 5) is 11.4. The van der Waals surface area contributed by atoms with E-state index >= 15 is 0 Å². The Morgan fingerprint density at radius 3 is 2.90 bits per heavy atom. The molecule has 1 heterocycles. The molecule has 3 rings (SSSR count). The van der Waals surface area contributed by atoms with Crippen LogP contribution in [-0.4, -0.2) is 5.91 Å². The van der Waals surface area contributed by atoms with E-state index in [1.54, 1.807) is 6.07 Å². The van der Waals surface area contributed by atoms with Gasteiger partial charge in [0.1, 0.15) is 0 Å². The topological polar surface area (TPSA) is 41.1 Å². The summed E-state index contributed by atoms with van der Waals surface area (Å²) in [6, 6.07) is 9.98. The average molecular weight is 366 g/mol. The van der Waals surface area contributed by atoms with E-state index in [-0.39, 0.29) is 5.91 Å². The van der Waals surface area contributed by atoms with Gasteiger partial charge >= 0.3 is 0 Å². The molecule has 1 amide bonds. The number of carbonyl (C=O) groups excluding carboxylic acids is 1. The molecular formula is C16H14BrClN2O. The molecular weight excluding hydrogens is 352 g/mol. The monoisotopic (exact) mass is 364 g/mol. The molecule has 1 aliphatic heterocycles. The van der Waals surface area contributed by atoms with Crippen molar-refractivity contribution in [1.82, 2.24) is 0 Å². The van der Waals surface area contributed by atoms with Crippen molar-refractivity contribution >= 4 is 44.8 Å². The molecule has 0 aromatic heterocycles. The molecule has 0 atom stereocenters. The minimum atomic E-state index is 0.0155. The lowest BCUT2D eigenvalue weighted by molar-refractivity contribution is -0.115.